The van der Waals surface area contributed by atoms with Gasteiger partial charge in [0.1, 0.15) is 4.90 Å². The second kappa shape index (κ2) is 6.50. The van der Waals surface area contributed by atoms with Crippen LogP contribution in [-0.4, -0.2) is 19.9 Å². The smallest absolute Gasteiger partial charge is 0.242 e. The van der Waals surface area contributed by atoms with E-state index in [0.717, 1.165) is 5.01 Å². The molecule has 0 bridgehead atoms. The lowest BCUT2D eigenvalue weighted by Crippen LogP contribution is -2.28. The molecule has 1 atom stereocenters. The Bertz CT molecular complexity index is 733. The lowest BCUT2D eigenvalue weighted by Gasteiger charge is -2.13. The number of nitrogen functional groups attached to an aromatic ring is 1. The minimum Gasteiger partial charge on any atom is -0.396 e. The van der Waals surface area contributed by atoms with E-state index in [1.54, 1.807) is 6.20 Å². The van der Waals surface area contributed by atoms with Gasteiger partial charge in [-0.1, -0.05) is 30.1 Å². The Morgan fingerprint density at radius 1 is 1.43 bits per heavy atom. The first-order chi connectivity index (χ1) is 9.83. The van der Waals surface area contributed by atoms with Crippen molar-refractivity contribution in [3.05, 3.63) is 38.8 Å². The topological polar surface area (TPSA) is 85.1 Å². The standard InChI is InChI=1S/C12H13Cl2N3O2S2/c1-7(12-16-4-5-20-12)6-17-21(18,19)9-3-2-8(13)11(15)10(9)14/h2-5,7,17H,6,15H2,1H3. The van der Waals surface area contributed by atoms with Crippen molar-refractivity contribution in [2.75, 3.05) is 12.3 Å². The molecule has 0 radical (unpaired) electrons. The van der Waals surface area contributed by atoms with Crippen LogP contribution < -0.4 is 10.5 Å². The lowest BCUT2D eigenvalue weighted by atomic mass is 10.2. The molecule has 2 rings (SSSR count). The van der Waals surface area contributed by atoms with Crippen molar-refractivity contribution in [3.63, 3.8) is 0 Å². The van der Waals surface area contributed by atoms with Crippen molar-refractivity contribution >= 4 is 50.2 Å². The number of hydrogen-bond donors (Lipinski definition) is 2. The highest BCUT2D eigenvalue weighted by Crippen LogP contribution is 2.33. The van der Waals surface area contributed by atoms with Crippen molar-refractivity contribution in [2.24, 2.45) is 0 Å². The fraction of sp³-hybridized carbons (Fsp3) is 0.250. The summed E-state index contributed by atoms with van der Waals surface area (Å²) in [6.07, 6.45) is 1.68. The molecule has 5 nitrogen and oxygen atoms in total. The zero-order valence-electron chi connectivity index (χ0n) is 11.0. The molecular weight excluding hydrogens is 353 g/mol. The van der Waals surface area contributed by atoms with Gasteiger partial charge in [-0.3, -0.25) is 0 Å². The van der Waals surface area contributed by atoms with Gasteiger partial charge < -0.3 is 5.73 Å². The second-order valence-electron chi connectivity index (χ2n) is 4.40. The third-order valence-electron chi connectivity index (χ3n) is 2.83. The number of benzene rings is 1. The van der Waals surface area contributed by atoms with Crippen molar-refractivity contribution < 1.29 is 8.42 Å². The highest BCUT2D eigenvalue weighted by molar-refractivity contribution is 7.89. The van der Waals surface area contributed by atoms with E-state index in [-0.39, 0.29) is 33.1 Å². The SMILES string of the molecule is CC(CNS(=O)(=O)c1ccc(Cl)c(N)c1Cl)c1nccs1. The molecule has 1 aromatic carbocycles. The first-order valence-electron chi connectivity index (χ1n) is 5.95. The van der Waals surface area contributed by atoms with Crippen LogP contribution in [0, 0.1) is 0 Å². The van der Waals surface area contributed by atoms with Gasteiger partial charge in [-0.05, 0) is 12.1 Å². The molecule has 1 aromatic heterocycles. The molecular formula is C12H13Cl2N3O2S2. The van der Waals surface area contributed by atoms with Crippen molar-refractivity contribution in [2.45, 2.75) is 17.7 Å². The van der Waals surface area contributed by atoms with Gasteiger partial charge in [-0.15, -0.1) is 11.3 Å². The molecule has 0 saturated carbocycles. The summed E-state index contributed by atoms with van der Waals surface area (Å²) in [6, 6.07) is 2.74. The Labute approximate surface area is 137 Å². The van der Waals surface area contributed by atoms with Crippen LogP contribution in [0.2, 0.25) is 10.0 Å². The van der Waals surface area contributed by atoms with Crippen molar-refractivity contribution in [3.8, 4) is 0 Å². The van der Waals surface area contributed by atoms with Crippen molar-refractivity contribution in [1.29, 1.82) is 0 Å². The van der Waals surface area contributed by atoms with Gasteiger partial charge in [0.25, 0.3) is 0 Å². The highest BCUT2D eigenvalue weighted by atomic mass is 35.5. The third kappa shape index (κ3) is 3.67. The normalized spacial score (nSPS) is 13.3. The first-order valence-corrected chi connectivity index (χ1v) is 9.07. The van der Waals surface area contributed by atoms with E-state index in [4.69, 9.17) is 28.9 Å². The fourth-order valence-corrected chi connectivity index (χ4v) is 4.23. The number of anilines is 1. The van der Waals surface area contributed by atoms with Gasteiger partial charge in [-0.25, -0.2) is 18.1 Å². The van der Waals surface area contributed by atoms with Crippen LogP contribution >= 0.6 is 34.5 Å². The Hall–Kier alpha value is -0.860. The average Bonchev–Trinajstić information content (AvgIpc) is 2.96. The van der Waals surface area contributed by atoms with Gasteiger partial charge in [0.2, 0.25) is 10.0 Å². The Morgan fingerprint density at radius 2 is 2.14 bits per heavy atom. The summed E-state index contributed by atoms with van der Waals surface area (Å²) in [4.78, 5) is 4.07. The summed E-state index contributed by atoms with van der Waals surface area (Å²) in [6.45, 7) is 2.11. The maximum absolute atomic E-state index is 12.3. The molecule has 0 spiro atoms. The van der Waals surface area contributed by atoms with Gasteiger partial charge in [0.15, 0.2) is 0 Å². The molecule has 1 unspecified atom stereocenters. The lowest BCUT2D eigenvalue weighted by molar-refractivity contribution is 0.575. The molecule has 1 heterocycles. The molecule has 0 aliphatic rings. The zero-order valence-corrected chi connectivity index (χ0v) is 14.2. The van der Waals surface area contributed by atoms with Crippen molar-refractivity contribution in [1.82, 2.24) is 9.71 Å². The van der Waals surface area contributed by atoms with Gasteiger partial charge in [0.05, 0.1) is 20.7 Å². The van der Waals surface area contributed by atoms with Gasteiger partial charge >= 0.3 is 0 Å². The maximum atomic E-state index is 12.3. The van der Waals surface area contributed by atoms with Crippen LogP contribution in [0.5, 0.6) is 0 Å². The number of halogens is 2. The quantitative estimate of drug-likeness (QED) is 0.797. The maximum Gasteiger partial charge on any atom is 0.242 e. The number of nitrogens with one attached hydrogen (secondary N) is 1. The molecule has 3 N–H and O–H groups in total. The molecule has 114 valence electrons. The van der Waals surface area contributed by atoms with E-state index in [2.05, 4.69) is 9.71 Å². The molecule has 0 amide bonds. The number of sulfonamides is 1. The number of nitrogens with zero attached hydrogens (tertiary/aromatic N) is 1. The third-order valence-corrected chi connectivity index (χ3v) is 6.16. The minimum absolute atomic E-state index is 0.0387. The minimum atomic E-state index is -3.76. The van der Waals surface area contributed by atoms with Gasteiger partial charge in [0, 0.05) is 24.0 Å². The number of hydrogen-bond acceptors (Lipinski definition) is 5. The molecule has 0 saturated heterocycles. The second-order valence-corrected chi connectivity index (χ2v) is 7.84. The molecule has 0 fully saturated rings. The van der Waals surface area contributed by atoms with E-state index in [1.165, 1.54) is 23.5 Å². The van der Waals surface area contributed by atoms with Crippen LogP contribution in [-0.2, 0) is 10.0 Å². The van der Waals surface area contributed by atoms with E-state index in [1.807, 2.05) is 12.3 Å². The molecule has 0 aliphatic heterocycles. The van der Waals surface area contributed by atoms with Crippen LogP contribution in [0.3, 0.4) is 0 Å². The zero-order chi connectivity index (χ0) is 15.6. The summed E-state index contributed by atoms with van der Waals surface area (Å²) in [5.74, 6) is -0.0387. The summed E-state index contributed by atoms with van der Waals surface area (Å²) < 4.78 is 27.1. The van der Waals surface area contributed by atoms with Crippen LogP contribution in [0.15, 0.2) is 28.6 Å². The predicted molar refractivity (Wildman–Crippen MR) is 86.6 cm³/mol. The fourth-order valence-electron chi connectivity index (χ4n) is 1.63. The number of nitrogens with two attached hydrogens (primary N) is 1. The van der Waals surface area contributed by atoms with E-state index >= 15 is 0 Å². The van der Waals surface area contributed by atoms with E-state index in [0.29, 0.717) is 0 Å². The van der Waals surface area contributed by atoms with E-state index in [9.17, 15) is 8.42 Å². The van der Waals surface area contributed by atoms with E-state index < -0.39 is 10.0 Å². The van der Waals surface area contributed by atoms with Crippen LogP contribution in [0.4, 0.5) is 5.69 Å². The summed E-state index contributed by atoms with van der Waals surface area (Å²) in [5, 5.41) is 2.85. The first kappa shape index (κ1) is 16.5. The number of aromatic nitrogens is 1. The molecule has 0 aliphatic carbocycles. The molecule has 21 heavy (non-hydrogen) atoms. The predicted octanol–water partition coefficient (Wildman–Crippen LogP) is 3.11. The Balaban J connectivity index is 2.18. The number of thiazole rings is 1. The highest BCUT2D eigenvalue weighted by Gasteiger charge is 2.22. The Kier molecular flexibility index (Phi) is 5.11. The summed E-state index contributed by atoms with van der Waals surface area (Å²) in [5.41, 5.74) is 5.70. The Morgan fingerprint density at radius 3 is 2.76 bits per heavy atom. The number of rotatable bonds is 5. The molecule has 2 aromatic rings. The monoisotopic (exact) mass is 365 g/mol. The molecule has 9 heteroatoms. The van der Waals surface area contributed by atoms with Crippen LogP contribution in [0.25, 0.3) is 0 Å². The average molecular weight is 366 g/mol. The van der Waals surface area contributed by atoms with Crippen LogP contribution in [0.1, 0.15) is 17.8 Å². The largest absolute Gasteiger partial charge is 0.396 e. The van der Waals surface area contributed by atoms with Gasteiger partial charge in [-0.2, -0.15) is 0 Å². The summed E-state index contributed by atoms with van der Waals surface area (Å²) >= 11 is 13.2. The summed E-state index contributed by atoms with van der Waals surface area (Å²) in [7, 11) is -3.76.